The van der Waals surface area contributed by atoms with Gasteiger partial charge in [-0.2, -0.15) is 0 Å². The van der Waals surface area contributed by atoms with Gasteiger partial charge >= 0.3 is 0 Å². The van der Waals surface area contributed by atoms with Crippen molar-refractivity contribution in [2.24, 2.45) is 11.7 Å². The van der Waals surface area contributed by atoms with Gasteiger partial charge in [0.2, 0.25) is 0 Å². The average molecular weight is 217 g/mol. The molecule has 1 heterocycles. The maximum absolute atomic E-state index is 5.90. The van der Waals surface area contributed by atoms with E-state index in [0.717, 1.165) is 10.2 Å². The summed E-state index contributed by atoms with van der Waals surface area (Å²) in [6.45, 7) is 4.22. The molecule has 0 spiro atoms. The molecule has 0 aromatic carbocycles. The van der Waals surface area contributed by atoms with Crippen LogP contribution >= 0.6 is 15.9 Å². The molecule has 11 heavy (non-hydrogen) atoms. The minimum atomic E-state index is 0.112. The number of rotatable bonds is 2. The van der Waals surface area contributed by atoms with E-state index in [1.165, 1.54) is 0 Å². The lowest BCUT2D eigenvalue weighted by Crippen LogP contribution is -2.16. The van der Waals surface area contributed by atoms with Gasteiger partial charge in [-0.25, -0.2) is 0 Å². The molecule has 0 aliphatic carbocycles. The van der Waals surface area contributed by atoms with Gasteiger partial charge in [-0.05, 0) is 27.9 Å². The molecule has 0 aliphatic rings. The van der Waals surface area contributed by atoms with Crippen LogP contribution in [0.25, 0.3) is 0 Å². The molecule has 1 rings (SSSR count). The van der Waals surface area contributed by atoms with Crippen LogP contribution < -0.4 is 5.73 Å². The third-order valence-electron chi connectivity index (χ3n) is 1.75. The molecule has 0 radical (unpaired) electrons. The van der Waals surface area contributed by atoms with Gasteiger partial charge in [-0.1, -0.05) is 13.8 Å². The minimum Gasteiger partial charge on any atom is -0.363 e. The molecule has 1 aromatic rings. The summed E-state index contributed by atoms with van der Waals surface area (Å²) in [5, 5.41) is 0. The summed E-state index contributed by atoms with van der Waals surface area (Å²) in [4.78, 5) is 3.11. The molecule has 2 nitrogen and oxygen atoms in total. The van der Waals surface area contributed by atoms with Crippen molar-refractivity contribution in [3.8, 4) is 0 Å². The van der Waals surface area contributed by atoms with Crippen molar-refractivity contribution in [1.29, 1.82) is 0 Å². The van der Waals surface area contributed by atoms with E-state index in [4.69, 9.17) is 5.73 Å². The maximum Gasteiger partial charge on any atom is 0.0471 e. The van der Waals surface area contributed by atoms with Crippen molar-refractivity contribution in [2.45, 2.75) is 19.9 Å². The van der Waals surface area contributed by atoms with Gasteiger partial charge in [0.1, 0.15) is 0 Å². The van der Waals surface area contributed by atoms with Crippen molar-refractivity contribution >= 4 is 15.9 Å². The second-order valence-electron chi connectivity index (χ2n) is 3.04. The van der Waals surface area contributed by atoms with Crippen molar-refractivity contribution in [3.63, 3.8) is 0 Å². The van der Waals surface area contributed by atoms with E-state index >= 15 is 0 Å². The Bertz CT molecular complexity index is 230. The van der Waals surface area contributed by atoms with Crippen LogP contribution in [0, 0.1) is 5.92 Å². The van der Waals surface area contributed by atoms with Crippen LogP contribution in [0.15, 0.2) is 16.7 Å². The van der Waals surface area contributed by atoms with Gasteiger partial charge in [0, 0.05) is 22.4 Å². The summed E-state index contributed by atoms with van der Waals surface area (Å²) < 4.78 is 1.06. The Morgan fingerprint density at radius 1 is 1.55 bits per heavy atom. The molecule has 0 bridgehead atoms. The topological polar surface area (TPSA) is 41.8 Å². The number of H-pyrrole nitrogens is 1. The van der Waals surface area contributed by atoms with Gasteiger partial charge in [0.15, 0.2) is 0 Å². The summed E-state index contributed by atoms with van der Waals surface area (Å²) in [6.07, 6.45) is 1.90. The fraction of sp³-hybridized carbons (Fsp3) is 0.500. The zero-order valence-corrected chi connectivity index (χ0v) is 8.35. The third kappa shape index (κ3) is 2.07. The second kappa shape index (κ2) is 3.41. The Kier molecular flexibility index (Phi) is 2.73. The molecule has 62 valence electrons. The molecule has 0 aliphatic heterocycles. The minimum absolute atomic E-state index is 0.112. The van der Waals surface area contributed by atoms with Crippen molar-refractivity contribution < 1.29 is 0 Å². The van der Waals surface area contributed by atoms with Gasteiger partial charge in [-0.15, -0.1) is 0 Å². The lowest BCUT2D eigenvalue weighted by molar-refractivity contribution is 0.505. The molecular formula is C8H13BrN2. The van der Waals surface area contributed by atoms with Crippen LogP contribution in [0.3, 0.4) is 0 Å². The number of hydrogen-bond acceptors (Lipinski definition) is 1. The van der Waals surface area contributed by atoms with Crippen LogP contribution in [0.1, 0.15) is 25.6 Å². The highest BCUT2D eigenvalue weighted by Gasteiger charge is 2.11. The van der Waals surface area contributed by atoms with Crippen LogP contribution in [0.5, 0.6) is 0 Å². The molecule has 3 heteroatoms. The summed E-state index contributed by atoms with van der Waals surface area (Å²) in [5.41, 5.74) is 6.99. The molecule has 0 fully saturated rings. The standard InChI is InChI=1S/C8H13BrN2/c1-5(2)8(10)7-3-6(9)4-11-7/h3-5,8,11H,10H2,1-2H3/t8-/m1/s1. The van der Waals surface area contributed by atoms with E-state index in [9.17, 15) is 0 Å². The first-order valence-electron chi connectivity index (χ1n) is 3.70. The predicted octanol–water partition coefficient (Wildman–Crippen LogP) is 2.43. The maximum atomic E-state index is 5.90. The van der Waals surface area contributed by atoms with Gasteiger partial charge < -0.3 is 10.7 Å². The first kappa shape index (κ1) is 8.81. The quantitative estimate of drug-likeness (QED) is 0.784. The Balaban J connectivity index is 2.76. The number of nitrogens with one attached hydrogen (secondary N) is 1. The summed E-state index contributed by atoms with van der Waals surface area (Å²) >= 11 is 3.36. The summed E-state index contributed by atoms with van der Waals surface area (Å²) in [5.74, 6) is 0.473. The van der Waals surface area contributed by atoms with Gasteiger partial charge in [0.05, 0.1) is 0 Å². The Morgan fingerprint density at radius 2 is 2.18 bits per heavy atom. The average Bonchev–Trinajstić information content (AvgIpc) is 2.34. The Labute approximate surface area is 75.3 Å². The first-order valence-corrected chi connectivity index (χ1v) is 4.50. The van der Waals surface area contributed by atoms with Crippen LogP contribution in [-0.4, -0.2) is 4.98 Å². The highest BCUT2D eigenvalue weighted by Crippen LogP contribution is 2.20. The fourth-order valence-electron chi connectivity index (χ4n) is 0.936. The van der Waals surface area contributed by atoms with Gasteiger partial charge in [-0.3, -0.25) is 0 Å². The van der Waals surface area contributed by atoms with Gasteiger partial charge in [0.25, 0.3) is 0 Å². The number of halogens is 1. The molecular weight excluding hydrogens is 204 g/mol. The predicted molar refractivity (Wildman–Crippen MR) is 50.3 cm³/mol. The smallest absolute Gasteiger partial charge is 0.0471 e. The van der Waals surface area contributed by atoms with E-state index in [-0.39, 0.29) is 6.04 Å². The van der Waals surface area contributed by atoms with Crippen molar-refractivity contribution in [3.05, 3.63) is 22.4 Å². The number of hydrogen-bond donors (Lipinski definition) is 2. The summed E-state index contributed by atoms with van der Waals surface area (Å²) in [7, 11) is 0. The van der Waals surface area contributed by atoms with E-state index in [0.29, 0.717) is 5.92 Å². The highest BCUT2D eigenvalue weighted by molar-refractivity contribution is 9.10. The van der Waals surface area contributed by atoms with Crippen LogP contribution in [0.4, 0.5) is 0 Å². The van der Waals surface area contributed by atoms with Crippen molar-refractivity contribution in [1.82, 2.24) is 4.98 Å². The SMILES string of the molecule is CC(C)[C@@H](N)c1cc(Br)c[nH]1. The lowest BCUT2D eigenvalue weighted by atomic mass is 10.0. The molecule has 1 atom stereocenters. The molecule has 0 amide bonds. The molecule has 3 N–H and O–H groups in total. The molecule has 0 saturated carbocycles. The monoisotopic (exact) mass is 216 g/mol. The zero-order valence-electron chi connectivity index (χ0n) is 6.76. The molecule has 1 aromatic heterocycles. The number of nitrogens with two attached hydrogens (primary N) is 1. The lowest BCUT2D eigenvalue weighted by Gasteiger charge is -2.12. The first-order chi connectivity index (χ1) is 5.11. The molecule has 0 unspecified atom stereocenters. The largest absolute Gasteiger partial charge is 0.363 e. The van der Waals surface area contributed by atoms with E-state index in [1.54, 1.807) is 0 Å². The number of aromatic amines is 1. The Morgan fingerprint density at radius 3 is 2.55 bits per heavy atom. The third-order valence-corrected chi connectivity index (χ3v) is 2.21. The highest BCUT2D eigenvalue weighted by atomic mass is 79.9. The van der Waals surface area contributed by atoms with Crippen molar-refractivity contribution in [2.75, 3.05) is 0 Å². The summed E-state index contributed by atoms with van der Waals surface area (Å²) in [6, 6.07) is 2.13. The van der Waals surface area contributed by atoms with Crippen LogP contribution in [-0.2, 0) is 0 Å². The number of aromatic nitrogens is 1. The van der Waals surface area contributed by atoms with E-state index in [1.807, 2.05) is 12.3 Å². The molecule has 0 saturated heterocycles. The fourth-order valence-corrected chi connectivity index (χ4v) is 1.30. The second-order valence-corrected chi connectivity index (χ2v) is 3.96. The normalized spacial score (nSPS) is 13.9. The van der Waals surface area contributed by atoms with E-state index < -0.39 is 0 Å². The zero-order chi connectivity index (χ0) is 8.43. The van der Waals surface area contributed by atoms with Crippen LogP contribution in [0.2, 0.25) is 0 Å². The Hall–Kier alpha value is -0.280. The van der Waals surface area contributed by atoms with E-state index in [2.05, 4.69) is 34.8 Å².